The molecule has 0 radical (unpaired) electrons. The van der Waals surface area contributed by atoms with Crippen LogP contribution in [-0.2, 0) is 15.9 Å². The lowest BCUT2D eigenvalue weighted by atomic mass is 10.1. The van der Waals surface area contributed by atoms with Crippen LogP contribution in [0, 0.1) is 0 Å². The highest BCUT2D eigenvalue weighted by atomic mass is 127. The Labute approximate surface area is 155 Å². The lowest BCUT2D eigenvalue weighted by molar-refractivity contribution is 0.0600. The Kier molecular flexibility index (Phi) is 11.4. The number of halogens is 1. The number of rotatable bonds is 7. The molecule has 0 bridgehead atoms. The van der Waals surface area contributed by atoms with Gasteiger partial charge < -0.3 is 20.1 Å². The third kappa shape index (κ3) is 8.17. The summed E-state index contributed by atoms with van der Waals surface area (Å²) < 4.78 is 9.75. The molecule has 1 aromatic rings. The van der Waals surface area contributed by atoms with E-state index in [0.29, 0.717) is 12.2 Å². The summed E-state index contributed by atoms with van der Waals surface area (Å²) in [7, 11) is 4.79. The first-order chi connectivity index (χ1) is 10.6. The van der Waals surface area contributed by atoms with E-state index in [-0.39, 0.29) is 36.0 Å². The highest BCUT2D eigenvalue weighted by molar-refractivity contribution is 14.0. The zero-order valence-corrected chi connectivity index (χ0v) is 16.4. The minimum Gasteiger partial charge on any atom is -0.465 e. The van der Waals surface area contributed by atoms with E-state index in [0.717, 1.165) is 24.5 Å². The predicted octanol–water partition coefficient (Wildman–Crippen LogP) is 1.83. The van der Waals surface area contributed by atoms with Crippen molar-refractivity contribution in [2.75, 3.05) is 34.4 Å². The number of ether oxygens (including phenoxy) is 2. The molecule has 1 rings (SSSR count). The molecule has 23 heavy (non-hydrogen) atoms. The number of nitrogens with zero attached hydrogens (tertiary/aromatic N) is 1. The van der Waals surface area contributed by atoms with E-state index in [9.17, 15) is 4.79 Å². The summed E-state index contributed by atoms with van der Waals surface area (Å²) >= 11 is 0. The Morgan fingerprint density at radius 1 is 1.26 bits per heavy atom. The van der Waals surface area contributed by atoms with Gasteiger partial charge in [0.05, 0.1) is 19.3 Å². The number of guanidine groups is 1. The molecule has 0 amide bonds. The number of aliphatic imine (C=N–C) groups is 1. The summed E-state index contributed by atoms with van der Waals surface area (Å²) in [5, 5.41) is 6.49. The summed E-state index contributed by atoms with van der Waals surface area (Å²) in [6.45, 7) is 3.40. The van der Waals surface area contributed by atoms with Crippen molar-refractivity contribution in [3.8, 4) is 0 Å². The highest BCUT2D eigenvalue weighted by Gasteiger charge is 2.06. The van der Waals surface area contributed by atoms with Gasteiger partial charge in [0.1, 0.15) is 0 Å². The highest BCUT2D eigenvalue weighted by Crippen LogP contribution is 2.06. The van der Waals surface area contributed by atoms with Crippen molar-refractivity contribution in [3.05, 3.63) is 35.4 Å². The molecule has 0 aliphatic carbocycles. The zero-order valence-electron chi connectivity index (χ0n) is 14.1. The molecule has 0 heterocycles. The molecule has 0 aliphatic rings. The van der Waals surface area contributed by atoms with Gasteiger partial charge >= 0.3 is 5.97 Å². The maximum absolute atomic E-state index is 11.4. The Hall–Kier alpha value is -1.35. The maximum atomic E-state index is 11.4. The number of hydrogen-bond acceptors (Lipinski definition) is 4. The van der Waals surface area contributed by atoms with E-state index < -0.39 is 0 Å². The monoisotopic (exact) mass is 435 g/mol. The average molecular weight is 435 g/mol. The quantitative estimate of drug-likeness (QED) is 0.296. The number of hydrogen-bond donors (Lipinski definition) is 2. The van der Waals surface area contributed by atoms with Gasteiger partial charge in [0.15, 0.2) is 5.96 Å². The first-order valence-electron chi connectivity index (χ1n) is 7.24. The molecule has 1 aromatic carbocycles. The average Bonchev–Trinajstić information content (AvgIpc) is 2.54. The minimum atomic E-state index is -0.318. The van der Waals surface area contributed by atoms with Crippen molar-refractivity contribution >= 4 is 35.9 Å². The Bertz CT molecular complexity index is 492. The third-order valence-electron chi connectivity index (χ3n) is 3.10. The number of benzene rings is 1. The van der Waals surface area contributed by atoms with Gasteiger partial charge in [-0.05, 0) is 31.0 Å². The fourth-order valence-corrected chi connectivity index (χ4v) is 1.97. The van der Waals surface area contributed by atoms with Gasteiger partial charge in [0.2, 0.25) is 0 Å². The number of esters is 1. The van der Waals surface area contributed by atoms with Crippen LogP contribution >= 0.6 is 24.0 Å². The van der Waals surface area contributed by atoms with Crippen molar-refractivity contribution in [3.63, 3.8) is 0 Å². The summed E-state index contributed by atoms with van der Waals surface area (Å²) in [6.07, 6.45) is 0.834. The molecule has 1 atom stereocenters. The largest absolute Gasteiger partial charge is 0.465 e. The normalized spacial score (nSPS) is 12.1. The molecule has 2 N–H and O–H groups in total. The van der Waals surface area contributed by atoms with Crippen molar-refractivity contribution in [2.45, 2.75) is 19.4 Å². The molecule has 1 unspecified atom stereocenters. The van der Waals surface area contributed by atoms with E-state index in [2.05, 4.69) is 20.4 Å². The van der Waals surface area contributed by atoms with Gasteiger partial charge in [-0.15, -0.1) is 24.0 Å². The zero-order chi connectivity index (χ0) is 16.4. The van der Waals surface area contributed by atoms with Gasteiger partial charge in [-0.3, -0.25) is 4.99 Å². The molecule has 0 aromatic heterocycles. The fraction of sp³-hybridized carbons (Fsp3) is 0.500. The number of carbonyl (C=O) groups excluding carboxylic acids is 1. The minimum absolute atomic E-state index is 0. The molecule has 7 heteroatoms. The van der Waals surface area contributed by atoms with E-state index >= 15 is 0 Å². The fourth-order valence-electron chi connectivity index (χ4n) is 1.97. The lowest BCUT2D eigenvalue weighted by Gasteiger charge is -2.17. The number of nitrogens with one attached hydrogen (secondary N) is 2. The molecule has 0 fully saturated rings. The molecule has 6 nitrogen and oxygen atoms in total. The van der Waals surface area contributed by atoms with Crippen LogP contribution in [0.4, 0.5) is 0 Å². The summed E-state index contributed by atoms with van der Waals surface area (Å²) in [5.74, 6) is 0.428. The van der Waals surface area contributed by atoms with Crippen LogP contribution in [0.25, 0.3) is 0 Å². The van der Waals surface area contributed by atoms with Crippen LogP contribution < -0.4 is 10.6 Å². The second kappa shape index (κ2) is 12.1. The van der Waals surface area contributed by atoms with E-state index in [4.69, 9.17) is 4.74 Å². The van der Waals surface area contributed by atoms with Crippen LogP contribution in [0.2, 0.25) is 0 Å². The molecule has 130 valence electrons. The Balaban J connectivity index is 0.00000484. The smallest absolute Gasteiger partial charge is 0.337 e. The Morgan fingerprint density at radius 3 is 2.43 bits per heavy atom. The van der Waals surface area contributed by atoms with Crippen molar-refractivity contribution < 1.29 is 14.3 Å². The van der Waals surface area contributed by atoms with E-state index in [1.54, 1.807) is 26.3 Å². The molecule has 0 aliphatic heterocycles. The number of methoxy groups -OCH3 is 2. The van der Waals surface area contributed by atoms with E-state index in [1.165, 1.54) is 7.11 Å². The van der Waals surface area contributed by atoms with Crippen LogP contribution in [0.3, 0.4) is 0 Å². The molecule has 0 spiro atoms. The summed E-state index contributed by atoms with van der Waals surface area (Å²) in [4.78, 5) is 15.5. The molecular weight excluding hydrogens is 409 g/mol. The predicted molar refractivity (Wildman–Crippen MR) is 103 cm³/mol. The van der Waals surface area contributed by atoms with Crippen LogP contribution in [0.1, 0.15) is 22.8 Å². The molecule has 0 saturated carbocycles. The SMILES string of the molecule is CN=C(NCCc1ccc(C(=O)OC)cc1)NC(C)COC.I. The first-order valence-corrected chi connectivity index (χ1v) is 7.24. The second-order valence-electron chi connectivity index (χ2n) is 4.94. The van der Waals surface area contributed by atoms with Gasteiger partial charge in [-0.2, -0.15) is 0 Å². The maximum Gasteiger partial charge on any atom is 0.337 e. The lowest BCUT2D eigenvalue weighted by Crippen LogP contribution is -2.44. The molecular formula is C16H26IN3O3. The summed E-state index contributed by atoms with van der Waals surface area (Å²) in [5.41, 5.74) is 1.70. The first kappa shape index (κ1) is 21.6. The van der Waals surface area contributed by atoms with Gasteiger partial charge in [0, 0.05) is 26.7 Å². The molecule has 0 saturated heterocycles. The topological polar surface area (TPSA) is 72.0 Å². The van der Waals surface area contributed by atoms with Crippen LogP contribution in [-0.4, -0.2) is 52.4 Å². The van der Waals surface area contributed by atoms with Gasteiger partial charge in [0.25, 0.3) is 0 Å². The van der Waals surface area contributed by atoms with Crippen LogP contribution in [0.5, 0.6) is 0 Å². The number of carbonyl (C=O) groups is 1. The van der Waals surface area contributed by atoms with E-state index in [1.807, 2.05) is 19.1 Å². The van der Waals surface area contributed by atoms with Gasteiger partial charge in [-0.1, -0.05) is 12.1 Å². The standard InChI is InChI=1S/C16H25N3O3.HI/c1-12(11-21-3)19-16(17-2)18-10-9-13-5-7-14(8-6-13)15(20)22-4;/h5-8,12H,9-11H2,1-4H3,(H2,17,18,19);1H. The van der Waals surface area contributed by atoms with Crippen LogP contribution in [0.15, 0.2) is 29.3 Å². The third-order valence-corrected chi connectivity index (χ3v) is 3.10. The van der Waals surface area contributed by atoms with Gasteiger partial charge in [-0.25, -0.2) is 4.79 Å². The summed E-state index contributed by atoms with van der Waals surface area (Å²) in [6, 6.07) is 7.59. The van der Waals surface area contributed by atoms with Crippen molar-refractivity contribution in [1.82, 2.24) is 10.6 Å². The van der Waals surface area contributed by atoms with Crippen molar-refractivity contribution in [2.24, 2.45) is 4.99 Å². The Morgan fingerprint density at radius 2 is 1.91 bits per heavy atom. The second-order valence-corrected chi connectivity index (χ2v) is 4.94. The van der Waals surface area contributed by atoms with Crippen molar-refractivity contribution in [1.29, 1.82) is 0 Å².